The van der Waals surface area contributed by atoms with Gasteiger partial charge in [0.05, 0.1) is 34.3 Å². The van der Waals surface area contributed by atoms with Gasteiger partial charge in [-0.1, -0.05) is 136 Å². The maximum Gasteiger partial charge on any atom is 0.265 e. The molecule has 0 aromatic carbocycles. The van der Waals surface area contributed by atoms with Crippen LogP contribution in [0.2, 0.25) is 0 Å². The zero-order valence-electron chi connectivity index (χ0n) is 24.5. The first-order chi connectivity index (χ1) is 16.6. The molecule has 0 spiro atoms. The average molecular weight is 522 g/mol. The van der Waals surface area contributed by atoms with Crippen molar-refractivity contribution in [2.75, 3.05) is 34.3 Å². The summed E-state index contributed by atoms with van der Waals surface area (Å²) < 4.78 is 15.4. The van der Waals surface area contributed by atoms with Crippen LogP contribution >= 0.6 is 7.82 Å². The molecule has 0 amide bonds. The highest BCUT2D eigenvalue weighted by molar-refractivity contribution is 7.44. The normalized spacial score (nSPS) is 13.3. The number of unbranched alkanes of at least 4 members (excludes halogenated alkanes) is 20. The third kappa shape index (κ3) is 41.5. The molecule has 214 valence electrons. The number of nitrogens with zero attached hydrogens (tertiary/aromatic N) is 1. The molecule has 1 atom stereocenters. The van der Waals surface area contributed by atoms with Gasteiger partial charge in [-0.05, 0) is 19.3 Å². The summed E-state index contributed by atoms with van der Waals surface area (Å²) in [7, 11) is 2.41. The standard InChI is InChI=1S/C21H46N.C8H19O4P/c1-5-6-7-8-9-10-11-12-13-14-15-16-17-18-19-20-21-22(2,3)4;1-2-3-4-5-6-7-8-12-13(9,10)11/h5-21H2,1-4H3;2-8H2,1H3,(H2,9,10,11)/q+1;/p-1. The van der Waals surface area contributed by atoms with Crippen LogP contribution in [0, 0.1) is 0 Å². The van der Waals surface area contributed by atoms with Gasteiger partial charge in [0.25, 0.3) is 7.82 Å². The van der Waals surface area contributed by atoms with Crippen molar-refractivity contribution in [1.29, 1.82) is 0 Å². The van der Waals surface area contributed by atoms with Gasteiger partial charge in [0.15, 0.2) is 0 Å². The summed E-state index contributed by atoms with van der Waals surface area (Å²) in [6.45, 7) is 5.87. The summed E-state index contributed by atoms with van der Waals surface area (Å²) in [5.41, 5.74) is 0. The van der Waals surface area contributed by atoms with Crippen molar-refractivity contribution in [3.05, 3.63) is 0 Å². The highest BCUT2D eigenvalue weighted by atomic mass is 31.2. The Bertz CT molecular complexity index is 448. The summed E-state index contributed by atoms with van der Waals surface area (Å²) in [5, 5.41) is 0. The summed E-state index contributed by atoms with van der Waals surface area (Å²) in [5.74, 6) is 0. The zero-order valence-corrected chi connectivity index (χ0v) is 25.4. The molecule has 0 aromatic heterocycles. The number of phosphoric acid groups is 1. The third-order valence-corrected chi connectivity index (χ3v) is 6.94. The van der Waals surface area contributed by atoms with Crippen molar-refractivity contribution in [2.45, 2.75) is 155 Å². The minimum absolute atomic E-state index is 0.101. The van der Waals surface area contributed by atoms with E-state index in [1.54, 1.807) is 0 Å². The smallest absolute Gasteiger partial charge is 0.265 e. The van der Waals surface area contributed by atoms with Crippen molar-refractivity contribution in [2.24, 2.45) is 0 Å². The van der Waals surface area contributed by atoms with E-state index in [1.165, 1.54) is 129 Å². The van der Waals surface area contributed by atoms with Crippen LogP contribution in [-0.2, 0) is 9.09 Å². The van der Waals surface area contributed by atoms with Gasteiger partial charge in [0, 0.05) is 0 Å². The Morgan fingerprint density at radius 1 is 0.571 bits per heavy atom. The molecule has 0 saturated heterocycles. The first-order valence-corrected chi connectivity index (χ1v) is 16.6. The molecule has 0 saturated carbocycles. The largest absolute Gasteiger partial charge is 0.756 e. The molecule has 6 heteroatoms. The Hall–Kier alpha value is 0.0700. The maximum atomic E-state index is 10.1. The van der Waals surface area contributed by atoms with E-state index in [2.05, 4.69) is 39.5 Å². The fraction of sp³-hybridized carbons (Fsp3) is 1.00. The van der Waals surface area contributed by atoms with Crippen LogP contribution < -0.4 is 4.89 Å². The summed E-state index contributed by atoms with van der Waals surface area (Å²) >= 11 is 0. The van der Waals surface area contributed by atoms with E-state index in [1.807, 2.05) is 0 Å². The molecule has 5 nitrogen and oxygen atoms in total. The van der Waals surface area contributed by atoms with E-state index in [9.17, 15) is 9.46 Å². The SMILES string of the molecule is CCCCCCCCCCCCCCCCCC[N+](C)(C)C.CCCCCCCCOP(=O)([O-])O. The van der Waals surface area contributed by atoms with Gasteiger partial charge in [0.1, 0.15) is 0 Å². The van der Waals surface area contributed by atoms with E-state index in [-0.39, 0.29) is 6.61 Å². The lowest BCUT2D eigenvalue weighted by atomic mass is 10.0. The van der Waals surface area contributed by atoms with Gasteiger partial charge in [0.2, 0.25) is 0 Å². The number of hydrogen-bond donors (Lipinski definition) is 1. The molecule has 0 aliphatic rings. The Balaban J connectivity index is 0. The van der Waals surface area contributed by atoms with Gasteiger partial charge in [-0.3, -0.25) is 4.57 Å². The van der Waals surface area contributed by atoms with E-state index < -0.39 is 7.82 Å². The second-order valence-corrected chi connectivity index (χ2v) is 12.6. The van der Waals surface area contributed by atoms with Crippen molar-refractivity contribution in [3.8, 4) is 0 Å². The lowest BCUT2D eigenvalue weighted by molar-refractivity contribution is -0.870. The second-order valence-electron chi connectivity index (χ2n) is 11.4. The molecule has 1 unspecified atom stereocenters. The summed E-state index contributed by atoms with van der Waals surface area (Å²) in [4.78, 5) is 18.4. The Kier molecular flexibility index (Phi) is 28.8. The van der Waals surface area contributed by atoms with Gasteiger partial charge < -0.3 is 18.8 Å². The molecule has 0 aromatic rings. The minimum Gasteiger partial charge on any atom is -0.756 e. The van der Waals surface area contributed by atoms with Gasteiger partial charge in [-0.15, -0.1) is 0 Å². The maximum absolute atomic E-state index is 10.1. The van der Waals surface area contributed by atoms with Crippen LogP contribution in [0.5, 0.6) is 0 Å². The third-order valence-electron chi connectivity index (χ3n) is 6.43. The number of hydrogen-bond acceptors (Lipinski definition) is 3. The highest BCUT2D eigenvalue weighted by Crippen LogP contribution is 2.30. The highest BCUT2D eigenvalue weighted by Gasteiger charge is 2.05. The Morgan fingerprint density at radius 2 is 0.857 bits per heavy atom. The van der Waals surface area contributed by atoms with Crippen LogP contribution in [0.4, 0.5) is 0 Å². The lowest BCUT2D eigenvalue weighted by Crippen LogP contribution is -2.35. The quantitative estimate of drug-likeness (QED) is 0.0740. The molecule has 1 N–H and O–H groups in total. The molecular weight excluding hydrogens is 457 g/mol. The van der Waals surface area contributed by atoms with Crippen LogP contribution in [0.3, 0.4) is 0 Å². The van der Waals surface area contributed by atoms with E-state index in [0.717, 1.165) is 17.3 Å². The van der Waals surface area contributed by atoms with Crippen molar-refractivity contribution < 1.29 is 23.4 Å². The molecular formula is C29H64NO4P. The predicted octanol–water partition coefficient (Wildman–Crippen LogP) is 8.78. The van der Waals surface area contributed by atoms with E-state index in [4.69, 9.17) is 4.89 Å². The fourth-order valence-electron chi connectivity index (χ4n) is 4.20. The number of phosphoric ester groups is 1. The minimum atomic E-state index is -4.48. The number of rotatable bonds is 25. The van der Waals surface area contributed by atoms with Crippen molar-refractivity contribution in [3.63, 3.8) is 0 Å². The summed E-state index contributed by atoms with van der Waals surface area (Å²) in [6, 6.07) is 0. The van der Waals surface area contributed by atoms with Gasteiger partial charge in [-0.2, -0.15) is 0 Å². The van der Waals surface area contributed by atoms with Crippen molar-refractivity contribution >= 4 is 7.82 Å². The van der Waals surface area contributed by atoms with Crippen LogP contribution in [-0.4, -0.2) is 43.7 Å². The van der Waals surface area contributed by atoms with Crippen LogP contribution in [0.15, 0.2) is 0 Å². The lowest BCUT2D eigenvalue weighted by Gasteiger charge is -2.23. The van der Waals surface area contributed by atoms with Crippen molar-refractivity contribution in [1.82, 2.24) is 0 Å². The van der Waals surface area contributed by atoms with Crippen LogP contribution in [0.1, 0.15) is 155 Å². The molecule has 0 heterocycles. The first kappa shape index (κ1) is 37.2. The van der Waals surface area contributed by atoms with E-state index in [0.29, 0.717) is 6.42 Å². The van der Waals surface area contributed by atoms with Gasteiger partial charge in [-0.25, -0.2) is 0 Å². The zero-order chi connectivity index (χ0) is 26.7. The van der Waals surface area contributed by atoms with E-state index >= 15 is 0 Å². The Morgan fingerprint density at radius 3 is 1.14 bits per heavy atom. The summed E-state index contributed by atoms with van der Waals surface area (Å²) in [6.07, 6.45) is 29.7. The monoisotopic (exact) mass is 521 g/mol. The molecule has 0 radical (unpaired) electrons. The molecule has 0 bridgehead atoms. The second kappa shape index (κ2) is 27.1. The molecule has 0 aliphatic heterocycles. The molecule has 0 aliphatic carbocycles. The molecule has 0 fully saturated rings. The average Bonchev–Trinajstić information content (AvgIpc) is 2.77. The topological polar surface area (TPSA) is 69.6 Å². The Labute approximate surface area is 220 Å². The fourth-order valence-corrected chi connectivity index (χ4v) is 4.56. The van der Waals surface area contributed by atoms with Gasteiger partial charge >= 0.3 is 0 Å². The first-order valence-electron chi connectivity index (χ1n) is 15.1. The molecule has 0 rings (SSSR count). The predicted molar refractivity (Wildman–Crippen MR) is 152 cm³/mol. The molecule has 35 heavy (non-hydrogen) atoms. The number of quaternary nitrogens is 1. The van der Waals surface area contributed by atoms with Crippen LogP contribution in [0.25, 0.3) is 0 Å².